The lowest BCUT2D eigenvalue weighted by atomic mass is 9.80. The molecule has 0 bridgehead atoms. The van der Waals surface area contributed by atoms with Crippen LogP contribution in [0, 0.1) is 11.8 Å². The third-order valence-electron chi connectivity index (χ3n) is 7.98. The Morgan fingerprint density at radius 3 is 2.74 bits per heavy atom. The van der Waals surface area contributed by atoms with Gasteiger partial charge in [-0.05, 0) is 56.1 Å². The number of nitrogens with one attached hydrogen (secondary N) is 1. The van der Waals surface area contributed by atoms with Gasteiger partial charge in [-0.25, -0.2) is 9.98 Å². The molecule has 4 rings (SSSR count). The molecule has 0 radical (unpaired) electrons. The molecule has 1 aromatic heterocycles. The van der Waals surface area contributed by atoms with E-state index in [1.165, 1.54) is 62.7 Å². The number of benzene rings is 1. The number of carbonyl (C=O) groups is 1. The predicted octanol–water partition coefficient (Wildman–Crippen LogP) is 5.07. The van der Waals surface area contributed by atoms with Gasteiger partial charge in [-0.1, -0.05) is 57.1 Å². The number of aromatic nitrogens is 2. The van der Waals surface area contributed by atoms with Crippen LogP contribution in [0.2, 0.25) is 0 Å². The second-order valence-corrected chi connectivity index (χ2v) is 10.5. The van der Waals surface area contributed by atoms with Gasteiger partial charge in [-0.3, -0.25) is 9.69 Å². The lowest BCUT2D eigenvalue weighted by molar-refractivity contribution is -0.114. The number of rotatable bonds is 9. The summed E-state index contributed by atoms with van der Waals surface area (Å²) in [5, 5.41) is 3.73. The topological polar surface area (TPSA) is 88.5 Å². The van der Waals surface area contributed by atoms with Gasteiger partial charge in [-0.2, -0.15) is 0 Å². The van der Waals surface area contributed by atoms with Crippen LogP contribution in [-0.4, -0.2) is 46.0 Å². The fraction of sp³-hybridized carbons (Fsp3) is 0.667. The number of aryl methyl sites for hydroxylation is 1. The number of amides is 1. The molecule has 2 saturated carbocycles. The Morgan fingerprint density at radius 2 is 1.97 bits per heavy atom. The summed E-state index contributed by atoms with van der Waals surface area (Å²) >= 11 is 0. The number of nitrogens with zero attached hydrogens (tertiary/aromatic N) is 4. The molecule has 1 amide bonds. The first-order valence-corrected chi connectivity index (χ1v) is 13.2. The number of nitrogens with two attached hydrogens (primary N) is 1. The lowest BCUT2D eigenvalue weighted by Gasteiger charge is -2.32. The van der Waals surface area contributed by atoms with Crippen molar-refractivity contribution in [2.24, 2.45) is 29.6 Å². The van der Waals surface area contributed by atoms with Gasteiger partial charge in [0, 0.05) is 20.1 Å². The van der Waals surface area contributed by atoms with Crippen molar-refractivity contribution in [1.82, 2.24) is 14.5 Å². The van der Waals surface area contributed by atoms with Crippen molar-refractivity contribution in [3.8, 4) is 0 Å². The summed E-state index contributed by atoms with van der Waals surface area (Å²) in [5.41, 5.74) is 8.34. The second kappa shape index (κ2) is 11.7. The van der Waals surface area contributed by atoms with Crippen molar-refractivity contribution in [2.75, 3.05) is 12.4 Å². The molecule has 2 aliphatic rings. The molecule has 3 N–H and O–H groups in total. The molecule has 2 aromatic rings. The van der Waals surface area contributed by atoms with Crippen LogP contribution in [0.5, 0.6) is 0 Å². The van der Waals surface area contributed by atoms with Crippen LogP contribution in [-0.2, 0) is 11.8 Å². The fourth-order valence-electron chi connectivity index (χ4n) is 5.95. The van der Waals surface area contributed by atoms with Gasteiger partial charge >= 0.3 is 0 Å². The Morgan fingerprint density at radius 1 is 1.21 bits per heavy atom. The number of anilines is 1. The molecular formula is C27H42N6O. The molecule has 0 unspecified atom stereocenters. The molecule has 34 heavy (non-hydrogen) atoms. The first-order chi connectivity index (χ1) is 16.5. The summed E-state index contributed by atoms with van der Waals surface area (Å²) in [6.07, 6.45) is 15.7. The van der Waals surface area contributed by atoms with Crippen molar-refractivity contribution in [1.29, 1.82) is 0 Å². The van der Waals surface area contributed by atoms with Crippen molar-refractivity contribution in [3.05, 3.63) is 24.3 Å². The molecule has 1 aromatic carbocycles. The van der Waals surface area contributed by atoms with Crippen LogP contribution in [0.4, 0.5) is 5.95 Å². The summed E-state index contributed by atoms with van der Waals surface area (Å²) in [6.45, 7) is 0. The molecule has 2 aliphatic carbocycles. The maximum absolute atomic E-state index is 11.2. The molecule has 7 heteroatoms. The molecular weight excluding hydrogens is 424 g/mol. The number of aliphatic imine (C=N–C) groups is 1. The van der Waals surface area contributed by atoms with Gasteiger partial charge in [0.25, 0.3) is 0 Å². The highest BCUT2D eigenvalue weighted by molar-refractivity contribution is 5.87. The van der Waals surface area contributed by atoms with Gasteiger partial charge < -0.3 is 15.6 Å². The fourth-order valence-corrected chi connectivity index (χ4v) is 5.95. The monoisotopic (exact) mass is 466 g/mol. The van der Waals surface area contributed by atoms with E-state index in [0.717, 1.165) is 48.6 Å². The standard InChI is InChI=1S/C27H42N6O/c1-32(19-34)26(28)29-23(16-15-20-9-4-3-5-10-20)18-21-11-8-12-22(17-21)30-27-31-24-13-6-7-14-25(24)33(27)2/h6-7,13-14,19-23H,3-5,8-12,15-18H2,1-2H3,(H2,28,29)(H,30,31)/t21-,22+,23+/m0/s1. The van der Waals surface area contributed by atoms with Gasteiger partial charge in [0.2, 0.25) is 12.4 Å². The van der Waals surface area contributed by atoms with E-state index in [1.807, 2.05) is 6.07 Å². The number of fused-ring (bicyclic) bond motifs is 1. The van der Waals surface area contributed by atoms with Gasteiger partial charge in [0.05, 0.1) is 17.1 Å². The Bertz CT molecular complexity index is 963. The number of hydrogen-bond donors (Lipinski definition) is 2. The SMILES string of the molecule is CN(C=O)C(N)=N[C@H](CCC1CCCCC1)C[C@H]1CCC[C@@H](Nc2nc3ccccc3n2C)C1. The van der Waals surface area contributed by atoms with Gasteiger partial charge in [-0.15, -0.1) is 0 Å². The minimum absolute atomic E-state index is 0.184. The Balaban J connectivity index is 1.39. The average Bonchev–Trinajstić information content (AvgIpc) is 3.18. The minimum Gasteiger partial charge on any atom is -0.369 e. The highest BCUT2D eigenvalue weighted by Crippen LogP contribution is 2.33. The maximum Gasteiger partial charge on any atom is 0.216 e. The Hall–Kier alpha value is -2.57. The van der Waals surface area contributed by atoms with Crippen LogP contribution in [0.25, 0.3) is 11.0 Å². The molecule has 3 atom stereocenters. The smallest absolute Gasteiger partial charge is 0.216 e. The quantitative estimate of drug-likeness (QED) is 0.307. The van der Waals surface area contributed by atoms with E-state index in [1.54, 1.807) is 7.05 Å². The number of guanidine groups is 1. The van der Waals surface area contributed by atoms with E-state index in [9.17, 15) is 4.79 Å². The second-order valence-electron chi connectivity index (χ2n) is 10.5. The molecule has 186 valence electrons. The van der Waals surface area contributed by atoms with Crippen LogP contribution in [0.15, 0.2) is 29.3 Å². The average molecular weight is 467 g/mol. The summed E-state index contributed by atoms with van der Waals surface area (Å²) in [7, 11) is 3.77. The summed E-state index contributed by atoms with van der Waals surface area (Å²) in [5.74, 6) is 2.73. The summed E-state index contributed by atoms with van der Waals surface area (Å²) in [4.78, 5) is 22.2. The van der Waals surface area contributed by atoms with Crippen molar-refractivity contribution in [2.45, 2.75) is 89.1 Å². The van der Waals surface area contributed by atoms with Gasteiger partial charge in [0.15, 0.2) is 5.96 Å². The molecule has 2 fully saturated rings. The van der Waals surface area contributed by atoms with Crippen molar-refractivity contribution < 1.29 is 4.79 Å². The zero-order chi connectivity index (χ0) is 23.9. The molecule has 0 aliphatic heterocycles. The van der Waals surface area contributed by atoms with E-state index in [4.69, 9.17) is 15.7 Å². The van der Waals surface area contributed by atoms with Gasteiger partial charge in [0.1, 0.15) is 0 Å². The normalized spacial score (nSPS) is 23.1. The van der Waals surface area contributed by atoms with E-state index in [0.29, 0.717) is 17.9 Å². The first-order valence-electron chi connectivity index (χ1n) is 13.2. The number of carbonyl (C=O) groups excluding carboxylic acids is 1. The van der Waals surface area contributed by atoms with E-state index in [2.05, 4.69) is 35.1 Å². The summed E-state index contributed by atoms with van der Waals surface area (Å²) in [6, 6.07) is 8.90. The van der Waals surface area contributed by atoms with Crippen LogP contribution in [0.1, 0.15) is 77.0 Å². The molecule has 1 heterocycles. The predicted molar refractivity (Wildman–Crippen MR) is 140 cm³/mol. The van der Waals surface area contributed by atoms with Crippen LogP contribution >= 0.6 is 0 Å². The molecule has 7 nitrogen and oxygen atoms in total. The van der Waals surface area contributed by atoms with Crippen LogP contribution in [0.3, 0.4) is 0 Å². The van der Waals surface area contributed by atoms with Crippen LogP contribution < -0.4 is 11.1 Å². The van der Waals surface area contributed by atoms with E-state index < -0.39 is 0 Å². The number of imidazole rings is 1. The van der Waals surface area contributed by atoms with Crippen molar-refractivity contribution in [3.63, 3.8) is 0 Å². The molecule has 0 spiro atoms. The lowest BCUT2D eigenvalue weighted by Crippen LogP contribution is -2.35. The molecule has 0 saturated heterocycles. The van der Waals surface area contributed by atoms with E-state index in [-0.39, 0.29) is 6.04 Å². The largest absolute Gasteiger partial charge is 0.369 e. The minimum atomic E-state index is 0.184. The number of hydrogen-bond acceptors (Lipinski definition) is 4. The Labute approximate surface area is 204 Å². The number of para-hydroxylation sites is 2. The Kier molecular flexibility index (Phi) is 8.46. The first kappa shape index (κ1) is 24.6. The maximum atomic E-state index is 11.2. The zero-order valence-electron chi connectivity index (χ0n) is 21.0. The zero-order valence-corrected chi connectivity index (χ0v) is 21.0. The highest BCUT2D eigenvalue weighted by atomic mass is 16.1. The highest BCUT2D eigenvalue weighted by Gasteiger charge is 2.26. The third kappa shape index (κ3) is 6.30. The summed E-state index contributed by atoms with van der Waals surface area (Å²) < 4.78 is 2.16. The van der Waals surface area contributed by atoms with E-state index >= 15 is 0 Å². The van der Waals surface area contributed by atoms with Crippen molar-refractivity contribution >= 4 is 29.4 Å². The third-order valence-corrected chi connectivity index (χ3v) is 7.98.